The van der Waals surface area contributed by atoms with Crippen LogP contribution in [0.2, 0.25) is 0 Å². The van der Waals surface area contributed by atoms with E-state index >= 15 is 0 Å². The summed E-state index contributed by atoms with van der Waals surface area (Å²) in [4.78, 5) is 11.6. The van der Waals surface area contributed by atoms with Gasteiger partial charge in [0.15, 0.2) is 0 Å². The number of nitrogens with zero attached hydrogens (tertiary/aromatic N) is 2. The number of ether oxygens (including phenoxy) is 1. The van der Waals surface area contributed by atoms with Gasteiger partial charge in [-0.05, 0) is 12.1 Å². The van der Waals surface area contributed by atoms with Crippen molar-refractivity contribution in [1.29, 1.82) is 0 Å². The van der Waals surface area contributed by atoms with Crippen LogP contribution in [-0.4, -0.2) is 22.1 Å². The quantitative estimate of drug-likeness (QED) is 0.754. The molecule has 5 nitrogen and oxygen atoms in total. The molecule has 0 amide bonds. The van der Waals surface area contributed by atoms with Crippen molar-refractivity contribution in [1.82, 2.24) is 15.0 Å². The largest absolute Gasteiger partial charge is 0.481 e. The number of para-hydroxylation sites is 1. The van der Waals surface area contributed by atoms with Crippen LogP contribution in [0.25, 0.3) is 11.3 Å². The van der Waals surface area contributed by atoms with Crippen LogP contribution in [-0.2, 0) is 6.54 Å². The van der Waals surface area contributed by atoms with E-state index in [2.05, 4.69) is 20.3 Å². The second kappa shape index (κ2) is 6.09. The number of benzene rings is 1. The number of hydrogen-bond acceptors (Lipinski definition) is 4. The van der Waals surface area contributed by atoms with Gasteiger partial charge in [0.05, 0.1) is 31.4 Å². The van der Waals surface area contributed by atoms with Crippen molar-refractivity contribution < 1.29 is 4.74 Å². The number of aromatic nitrogens is 3. The normalized spacial score (nSPS) is 10.3. The van der Waals surface area contributed by atoms with Crippen LogP contribution in [0.15, 0.2) is 55.0 Å². The highest BCUT2D eigenvalue weighted by atomic mass is 16.5. The Morgan fingerprint density at radius 3 is 2.86 bits per heavy atom. The number of anilines is 1. The third-order valence-electron chi connectivity index (χ3n) is 3.16. The SMILES string of the molecule is COc1cccc(-c2ccccc2NCc2cnc[nH]2)n1. The Kier molecular flexibility index (Phi) is 3.82. The standard InChI is InChI=1S/C16H16N4O/c1-21-16-8-4-7-15(20-16)13-5-2-3-6-14(13)18-10-12-9-17-11-19-12/h2-9,11,18H,10H2,1H3,(H,17,19). The van der Waals surface area contributed by atoms with Gasteiger partial charge in [0.1, 0.15) is 0 Å². The molecule has 106 valence electrons. The zero-order chi connectivity index (χ0) is 14.5. The van der Waals surface area contributed by atoms with Crippen molar-refractivity contribution >= 4 is 5.69 Å². The lowest BCUT2D eigenvalue weighted by Gasteiger charge is -2.11. The summed E-state index contributed by atoms with van der Waals surface area (Å²) in [5.74, 6) is 0.607. The van der Waals surface area contributed by atoms with Crippen LogP contribution >= 0.6 is 0 Å². The molecular formula is C16H16N4O. The molecule has 0 saturated carbocycles. The maximum Gasteiger partial charge on any atom is 0.213 e. The zero-order valence-corrected chi connectivity index (χ0v) is 11.7. The van der Waals surface area contributed by atoms with Crippen molar-refractivity contribution in [2.45, 2.75) is 6.54 Å². The average molecular weight is 280 g/mol. The van der Waals surface area contributed by atoms with E-state index < -0.39 is 0 Å². The number of aromatic amines is 1. The lowest BCUT2D eigenvalue weighted by molar-refractivity contribution is 0.398. The summed E-state index contributed by atoms with van der Waals surface area (Å²) in [5.41, 5.74) is 3.97. The Labute approximate surface area is 123 Å². The Bertz CT molecular complexity index is 710. The van der Waals surface area contributed by atoms with Crippen LogP contribution in [0.5, 0.6) is 5.88 Å². The van der Waals surface area contributed by atoms with Crippen LogP contribution in [0.1, 0.15) is 5.69 Å². The fourth-order valence-corrected chi connectivity index (χ4v) is 2.11. The smallest absolute Gasteiger partial charge is 0.213 e. The first kappa shape index (κ1) is 13.2. The molecule has 1 aromatic carbocycles. The van der Waals surface area contributed by atoms with Crippen LogP contribution < -0.4 is 10.1 Å². The van der Waals surface area contributed by atoms with Gasteiger partial charge in [0.2, 0.25) is 5.88 Å². The van der Waals surface area contributed by atoms with E-state index in [0.717, 1.165) is 22.6 Å². The summed E-state index contributed by atoms with van der Waals surface area (Å²) in [5, 5.41) is 3.40. The van der Waals surface area contributed by atoms with Gasteiger partial charge in [0.25, 0.3) is 0 Å². The van der Waals surface area contributed by atoms with E-state index in [1.54, 1.807) is 19.6 Å². The van der Waals surface area contributed by atoms with E-state index in [4.69, 9.17) is 4.74 Å². The molecule has 0 aliphatic rings. The zero-order valence-electron chi connectivity index (χ0n) is 11.7. The maximum absolute atomic E-state index is 5.19. The highest BCUT2D eigenvalue weighted by Gasteiger charge is 2.07. The minimum absolute atomic E-state index is 0.607. The summed E-state index contributed by atoms with van der Waals surface area (Å²) in [6.07, 6.45) is 3.48. The van der Waals surface area contributed by atoms with Gasteiger partial charge in [-0.1, -0.05) is 24.3 Å². The average Bonchev–Trinajstić information content (AvgIpc) is 3.07. The summed E-state index contributed by atoms with van der Waals surface area (Å²) < 4.78 is 5.19. The molecule has 2 heterocycles. The van der Waals surface area contributed by atoms with Gasteiger partial charge < -0.3 is 15.0 Å². The first-order valence-corrected chi connectivity index (χ1v) is 6.68. The minimum Gasteiger partial charge on any atom is -0.481 e. The lowest BCUT2D eigenvalue weighted by Crippen LogP contribution is -2.01. The second-order valence-electron chi connectivity index (χ2n) is 4.54. The molecule has 0 fully saturated rings. The predicted molar refractivity (Wildman–Crippen MR) is 82.1 cm³/mol. The highest BCUT2D eigenvalue weighted by Crippen LogP contribution is 2.27. The molecule has 0 unspecified atom stereocenters. The summed E-state index contributed by atoms with van der Waals surface area (Å²) in [6.45, 7) is 0.682. The van der Waals surface area contributed by atoms with Gasteiger partial charge in [-0.3, -0.25) is 0 Å². The first-order chi connectivity index (χ1) is 10.4. The first-order valence-electron chi connectivity index (χ1n) is 6.68. The second-order valence-corrected chi connectivity index (χ2v) is 4.54. The topological polar surface area (TPSA) is 62.8 Å². The maximum atomic E-state index is 5.19. The molecule has 21 heavy (non-hydrogen) atoms. The van der Waals surface area contributed by atoms with Crippen LogP contribution in [0.4, 0.5) is 5.69 Å². The van der Waals surface area contributed by atoms with E-state index in [1.807, 2.05) is 42.5 Å². The number of nitrogens with one attached hydrogen (secondary N) is 2. The Morgan fingerprint density at radius 2 is 2.05 bits per heavy atom. The van der Waals surface area contributed by atoms with Gasteiger partial charge in [-0.25, -0.2) is 9.97 Å². The van der Waals surface area contributed by atoms with Crippen LogP contribution in [0, 0.1) is 0 Å². The summed E-state index contributed by atoms with van der Waals surface area (Å²) >= 11 is 0. The molecule has 0 radical (unpaired) electrons. The van der Waals surface area contributed by atoms with E-state index in [-0.39, 0.29) is 0 Å². The molecule has 0 bridgehead atoms. The molecule has 3 rings (SSSR count). The molecule has 3 aromatic rings. The van der Waals surface area contributed by atoms with Crippen molar-refractivity contribution in [3.05, 3.63) is 60.7 Å². The van der Waals surface area contributed by atoms with E-state index in [1.165, 1.54) is 0 Å². The lowest BCUT2D eigenvalue weighted by atomic mass is 10.1. The highest BCUT2D eigenvalue weighted by molar-refractivity contribution is 5.75. The van der Waals surface area contributed by atoms with Crippen molar-refractivity contribution in [3.8, 4) is 17.1 Å². The number of methoxy groups -OCH3 is 1. The molecule has 2 aromatic heterocycles. The molecule has 0 atom stereocenters. The fourth-order valence-electron chi connectivity index (χ4n) is 2.11. The molecular weight excluding hydrogens is 264 g/mol. The number of imidazole rings is 1. The van der Waals surface area contributed by atoms with Gasteiger partial charge >= 0.3 is 0 Å². The third kappa shape index (κ3) is 3.02. The summed E-state index contributed by atoms with van der Waals surface area (Å²) in [7, 11) is 1.62. The molecule has 5 heteroatoms. The van der Waals surface area contributed by atoms with Gasteiger partial charge in [0, 0.05) is 23.5 Å². The number of rotatable bonds is 5. The molecule has 0 aliphatic carbocycles. The molecule has 0 aliphatic heterocycles. The molecule has 0 spiro atoms. The summed E-state index contributed by atoms with van der Waals surface area (Å²) in [6, 6.07) is 13.8. The number of H-pyrrole nitrogens is 1. The van der Waals surface area contributed by atoms with Gasteiger partial charge in [-0.15, -0.1) is 0 Å². The number of hydrogen-bond donors (Lipinski definition) is 2. The van der Waals surface area contributed by atoms with Crippen molar-refractivity contribution in [2.24, 2.45) is 0 Å². The van der Waals surface area contributed by atoms with E-state index in [9.17, 15) is 0 Å². The van der Waals surface area contributed by atoms with E-state index in [0.29, 0.717) is 12.4 Å². The minimum atomic E-state index is 0.607. The Morgan fingerprint density at radius 1 is 1.14 bits per heavy atom. The predicted octanol–water partition coefficient (Wildman–Crippen LogP) is 3.09. The Balaban J connectivity index is 1.88. The van der Waals surface area contributed by atoms with Crippen molar-refractivity contribution in [3.63, 3.8) is 0 Å². The fraction of sp³-hybridized carbons (Fsp3) is 0.125. The monoisotopic (exact) mass is 280 g/mol. The van der Waals surface area contributed by atoms with Gasteiger partial charge in [-0.2, -0.15) is 0 Å². The Hall–Kier alpha value is -2.82. The van der Waals surface area contributed by atoms with Crippen LogP contribution in [0.3, 0.4) is 0 Å². The third-order valence-corrected chi connectivity index (χ3v) is 3.16. The van der Waals surface area contributed by atoms with Crippen molar-refractivity contribution in [2.75, 3.05) is 12.4 Å². The molecule has 2 N–H and O–H groups in total. The number of pyridine rings is 1. The molecule has 0 saturated heterocycles.